The molecule has 1 fully saturated rings. The van der Waals surface area contributed by atoms with E-state index in [0.29, 0.717) is 5.56 Å². The first kappa shape index (κ1) is 8.67. The molecule has 1 aliphatic rings. The molecule has 2 heteroatoms. The summed E-state index contributed by atoms with van der Waals surface area (Å²) in [5.74, 6) is -0.782. The maximum atomic E-state index is 13.4. The molecule has 0 radical (unpaired) electrons. The molecule has 0 N–H and O–H groups in total. The summed E-state index contributed by atoms with van der Waals surface area (Å²) < 4.78 is 26.8. The van der Waals surface area contributed by atoms with Crippen LogP contribution in [0.3, 0.4) is 0 Å². The van der Waals surface area contributed by atoms with Crippen molar-refractivity contribution in [1.82, 2.24) is 0 Å². The zero-order valence-electron chi connectivity index (χ0n) is 7.82. The summed E-state index contributed by atoms with van der Waals surface area (Å²) >= 11 is 0. The second-order valence-electron chi connectivity index (χ2n) is 4.16. The molecule has 1 aromatic rings. The quantitative estimate of drug-likeness (QED) is 0.625. The van der Waals surface area contributed by atoms with E-state index in [1.807, 2.05) is 6.92 Å². The molecule has 70 valence electrons. The van der Waals surface area contributed by atoms with Crippen LogP contribution in [0.25, 0.3) is 0 Å². The Balaban J connectivity index is 2.57. The topological polar surface area (TPSA) is 0 Å². The first-order valence-corrected chi connectivity index (χ1v) is 4.49. The summed E-state index contributed by atoms with van der Waals surface area (Å²) in [5, 5.41) is 0. The van der Waals surface area contributed by atoms with Gasteiger partial charge in [-0.15, -0.1) is 0 Å². The van der Waals surface area contributed by atoms with Gasteiger partial charge in [-0.3, -0.25) is 0 Å². The lowest BCUT2D eigenvalue weighted by atomic mass is 9.96. The summed E-state index contributed by atoms with van der Waals surface area (Å²) in [7, 11) is 0. The molecule has 0 aromatic heterocycles. The molecular weight excluding hydrogens is 170 g/mol. The summed E-state index contributed by atoms with van der Waals surface area (Å²) in [4.78, 5) is 0. The first-order valence-electron chi connectivity index (χ1n) is 4.49. The third kappa shape index (κ3) is 1.34. The summed E-state index contributed by atoms with van der Waals surface area (Å²) in [6.07, 6.45) is 1.79. The Labute approximate surface area is 76.6 Å². The van der Waals surface area contributed by atoms with Gasteiger partial charge >= 0.3 is 0 Å². The van der Waals surface area contributed by atoms with Gasteiger partial charge in [-0.2, -0.15) is 0 Å². The van der Waals surface area contributed by atoms with E-state index in [-0.39, 0.29) is 11.0 Å². The molecule has 0 saturated heterocycles. The molecule has 0 aliphatic heterocycles. The lowest BCUT2D eigenvalue weighted by molar-refractivity contribution is 0.526. The highest BCUT2D eigenvalue weighted by atomic mass is 19.1. The van der Waals surface area contributed by atoms with Crippen LogP contribution in [0.15, 0.2) is 12.1 Å². The smallest absolute Gasteiger partial charge is 0.130 e. The maximum absolute atomic E-state index is 13.4. The molecule has 1 aromatic carbocycles. The Hall–Kier alpha value is -0.920. The van der Waals surface area contributed by atoms with Crippen molar-refractivity contribution in [2.24, 2.45) is 0 Å². The minimum absolute atomic E-state index is 0.234. The predicted molar refractivity (Wildman–Crippen MR) is 47.7 cm³/mol. The monoisotopic (exact) mass is 182 g/mol. The molecule has 0 spiro atoms. The van der Waals surface area contributed by atoms with Crippen molar-refractivity contribution in [2.75, 3.05) is 0 Å². The van der Waals surface area contributed by atoms with Crippen molar-refractivity contribution in [1.29, 1.82) is 0 Å². The highest BCUT2D eigenvalue weighted by molar-refractivity contribution is 5.35. The van der Waals surface area contributed by atoms with E-state index in [4.69, 9.17) is 0 Å². The summed E-state index contributed by atoms with van der Waals surface area (Å²) in [6, 6.07) is 2.81. The average Bonchev–Trinajstić information content (AvgIpc) is 2.65. The largest absolute Gasteiger partial charge is 0.207 e. The fourth-order valence-electron chi connectivity index (χ4n) is 1.71. The number of rotatable bonds is 1. The van der Waals surface area contributed by atoms with Gasteiger partial charge in [-0.05, 0) is 42.9 Å². The van der Waals surface area contributed by atoms with Crippen molar-refractivity contribution >= 4 is 0 Å². The van der Waals surface area contributed by atoms with Crippen molar-refractivity contribution < 1.29 is 8.78 Å². The third-order valence-corrected chi connectivity index (χ3v) is 2.79. The molecule has 1 saturated carbocycles. The summed E-state index contributed by atoms with van der Waals surface area (Å²) in [6.45, 7) is 3.61. The number of halogens is 2. The number of aryl methyl sites for hydroxylation is 1. The summed E-state index contributed by atoms with van der Waals surface area (Å²) in [5.41, 5.74) is 0.683. The van der Waals surface area contributed by atoms with Crippen LogP contribution in [0, 0.1) is 18.6 Å². The Bertz CT molecular complexity index is 328. The number of benzene rings is 1. The third-order valence-electron chi connectivity index (χ3n) is 2.79. The Kier molecular flexibility index (Phi) is 1.69. The van der Waals surface area contributed by atoms with Crippen LogP contribution in [0.2, 0.25) is 0 Å². The van der Waals surface area contributed by atoms with Crippen LogP contribution in [-0.4, -0.2) is 0 Å². The zero-order chi connectivity index (χ0) is 9.64. The fourth-order valence-corrected chi connectivity index (χ4v) is 1.71. The molecule has 0 heterocycles. The second-order valence-corrected chi connectivity index (χ2v) is 4.16. The molecule has 0 bridgehead atoms. The van der Waals surface area contributed by atoms with Crippen LogP contribution >= 0.6 is 0 Å². The molecule has 0 nitrogen and oxygen atoms in total. The Morgan fingerprint density at radius 2 is 1.62 bits per heavy atom. The van der Waals surface area contributed by atoms with Gasteiger partial charge in [0.2, 0.25) is 0 Å². The minimum Gasteiger partial charge on any atom is -0.207 e. The number of hydrogen-bond donors (Lipinski definition) is 0. The number of hydrogen-bond acceptors (Lipinski definition) is 0. The highest BCUT2D eigenvalue weighted by Crippen LogP contribution is 2.49. The molecule has 13 heavy (non-hydrogen) atoms. The van der Waals surface area contributed by atoms with Gasteiger partial charge in [-0.1, -0.05) is 6.92 Å². The van der Waals surface area contributed by atoms with Crippen molar-refractivity contribution in [3.05, 3.63) is 34.9 Å². The van der Waals surface area contributed by atoms with Gasteiger partial charge in [0.25, 0.3) is 0 Å². The molecule has 0 atom stereocenters. The van der Waals surface area contributed by atoms with Gasteiger partial charge in [-0.25, -0.2) is 8.78 Å². The van der Waals surface area contributed by atoms with E-state index >= 15 is 0 Å². The fraction of sp³-hybridized carbons (Fsp3) is 0.455. The highest BCUT2D eigenvalue weighted by Gasteiger charge is 2.43. The normalized spacial score (nSPS) is 18.8. The van der Waals surface area contributed by atoms with Crippen molar-refractivity contribution in [3.8, 4) is 0 Å². The van der Waals surface area contributed by atoms with Crippen LogP contribution in [0.5, 0.6) is 0 Å². The van der Waals surface area contributed by atoms with Crippen LogP contribution in [0.1, 0.15) is 30.9 Å². The molecule has 0 unspecified atom stereocenters. The van der Waals surface area contributed by atoms with Crippen molar-refractivity contribution in [3.63, 3.8) is 0 Å². The lowest BCUT2D eigenvalue weighted by Crippen LogP contribution is -2.07. The minimum atomic E-state index is -0.391. The van der Waals surface area contributed by atoms with Crippen molar-refractivity contribution in [2.45, 2.75) is 32.1 Å². The molecule has 0 amide bonds. The molecular formula is C11H12F2. The van der Waals surface area contributed by atoms with E-state index in [2.05, 4.69) is 0 Å². The standard InChI is InChI=1S/C11H12F2/c1-7-5-8(12)10(9(13)6-7)11(2)3-4-11/h5-6H,3-4H2,1-2H3. The van der Waals surface area contributed by atoms with Gasteiger partial charge in [0.1, 0.15) is 11.6 Å². The average molecular weight is 182 g/mol. The van der Waals surface area contributed by atoms with Gasteiger partial charge in [0.05, 0.1) is 0 Å². The van der Waals surface area contributed by atoms with Gasteiger partial charge < -0.3 is 0 Å². The van der Waals surface area contributed by atoms with Gasteiger partial charge in [0.15, 0.2) is 0 Å². The molecule has 2 rings (SSSR count). The van der Waals surface area contributed by atoms with Crippen LogP contribution in [-0.2, 0) is 5.41 Å². The van der Waals surface area contributed by atoms with E-state index in [1.54, 1.807) is 6.92 Å². The Morgan fingerprint density at radius 1 is 1.15 bits per heavy atom. The predicted octanol–water partition coefficient (Wildman–Crippen LogP) is 3.32. The Morgan fingerprint density at radius 3 is 2.00 bits per heavy atom. The van der Waals surface area contributed by atoms with E-state index in [0.717, 1.165) is 12.8 Å². The molecule has 1 aliphatic carbocycles. The maximum Gasteiger partial charge on any atom is 0.130 e. The van der Waals surface area contributed by atoms with E-state index in [9.17, 15) is 8.78 Å². The lowest BCUT2D eigenvalue weighted by Gasteiger charge is -2.11. The second kappa shape index (κ2) is 2.53. The zero-order valence-corrected chi connectivity index (χ0v) is 7.82. The first-order chi connectivity index (χ1) is 6.03. The van der Waals surface area contributed by atoms with E-state index in [1.165, 1.54) is 12.1 Å². The van der Waals surface area contributed by atoms with Gasteiger partial charge in [0, 0.05) is 5.56 Å². The SMILES string of the molecule is Cc1cc(F)c(C2(C)CC2)c(F)c1. The van der Waals surface area contributed by atoms with Crippen LogP contribution < -0.4 is 0 Å². The van der Waals surface area contributed by atoms with E-state index < -0.39 is 11.6 Å². The van der Waals surface area contributed by atoms with Crippen LogP contribution in [0.4, 0.5) is 8.78 Å².